The lowest BCUT2D eigenvalue weighted by Gasteiger charge is -2.25. The summed E-state index contributed by atoms with van der Waals surface area (Å²) in [6, 6.07) is 16.4. The molecule has 0 N–H and O–H groups in total. The SMILES string of the molecule is COc1ccc(-c2nnc(SCc3nc(Cc4ccccc4)no3)n2C2CCCCC2)cc1OC. The summed E-state index contributed by atoms with van der Waals surface area (Å²) in [5.74, 6) is 4.03. The fourth-order valence-corrected chi connectivity index (χ4v) is 5.38. The number of benzene rings is 2. The zero-order valence-electron chi connectivity index (χ0n) is 20.0. The zero-order chi connectivity index (χ0) is 24.0. The number of hydrogen-bond acceptors (Lipinski definition) is 8. The van der Waals surface area contributed by atoms with Gasteiger partial charge in [0.25, 0.3) is 0 Å². The first-order valence-electron chi connectivity index (χ1n) is 11.9. The molecule has 0 spiro atoms. The van der Waals surface area contributed by atoms with Crippen LogP contribution in [0.25, 0.3) is 11.4 Å². The van der Waals surface area contributed by atoms with Crippen LogP contribution in [0.4, 0.5) is 0 Å². The van der Waals surface area contributed by atoms with Gasteiger partial charge < -0.3 is 14.0 Å². The van der Waals surface area contributed by atoms with Gasteiger partial charge in [0, 0.05) is 18.0 Å². The van der Waals surface area contributed by atoms with Crippen molar-refractivity contribution < 1.29 is 14.0 Å². The Morgan fingerprint density at radius 2 is 1.77 bits per heavy atom. The highest BCUT2D eigenvalue weighted by Gasteiger charge is 2.25. The first-order chi connectivity index (χ1) is 17.2. The Kier molecular flexibility index (Phi) is 7.32. The predicted octanol–water partition coefficient (Wildman–Crippen LogP) is 5.73. The van der Waals surface area contributed by atoms with Crippen molar-refractivity contribution in [3.63, 3.8) is 0 Å². The van der Waals surface area contributed by atoms with Crippen LogP contribution in [0.5, 0.6) is 11.5 Å². The second-order valence-electron chi connectivity index (χ2n) is 8.59. The van der Waals surface area contributed by atoms with Gasteiger partial charge in [0.05, 0.1) is 20.0 Å². The van der Waals surface area contributed by atoms with E-state index in [9.17, 15) is 0 Å². The van der Waals surface area contributed by atoms with E-state index < -0.39 is 0 Å². The molecule has 1 aliphatic carbocycles. The zero-order valence-corrected chi connectivity index (χ0v) is 20.8. The first-order valence-corrected chi connectivity index (χ1v) is 12.9. The molecule has 0 amide bonds. The van der Waals surface area contributed by atoms with E-state index in [1.165, 1.54) is 19.3 Å². The molecule has 0 bridgehead atoms. The molecule has 5 rings (SSSR count). The van der Waals surface area contributed by atoms with Crippen molar-refractivity contribution in [1.29, 1.82) is 0 Å². The maximum Gasteiger partial charge on any atom is 0.237 e. The number of methoxy groups -OCH3 is 2. The van der Waals surface area contributed by atoms with Crippen LogP contribution in [0, 0.1) is 0 Å². The molecule has 4 aromatic rings. The summed E-state index contributed by atoms with van der Waals surface area (Å²) >= 11 is 1.58. The molecule has 1 aliphatic rings. The molecule has 2 heterocycles. The van der Waals surface area contributed by atoms with E-state index in [2.05, 4.69) is 37.0 Å². The van der Waals surface area contributed by atoms with Crippen LogP contribution < -0.4 is 9.47 Å². The van der Waals surface area contributed by atoms with E-state index in [4.69, 9.17) is 14.0 Å². The minimum absolute atomic E-state index is 0.362. The summed E-state index contributed by atoms with van der Waals surface area (Å²) in [5, 5.41) is 14.2. The van der Waals surface area contributed by atoms with Gasteiger partial charge in [0.1, 0.15) is 0 Å². The summed E-state index contributed by atoms with van der Waals surface area (Å²) in [4.78, 5) is 4.58. The second kappa shape index (κ2) is 10.9. The quantitative estimate of drug-likeness (QED) is 0.274. The minimum Gasteiger partial charge on any atom is -0.493 e. The molecular weight excluding hydrogens is 462 g/mol. The van der Waals surface area contributed by atoms with Crippen molar-refractivity contribution in [2.24, 2.45) is 0 Å². The van der Waals surface area contributed by atoms with E-state index in [1.807, 2.05) is 36.4 Å². The molecule has 0 unspecified atom stereocenters. The normalized spacial score (nSPS) is 14.2. The number of thioether (sulfide) groups is 1. The molecule has 1 saturated carbocycles. The highest BCUT2D eigenvalue weighted by Crippen LogP contribution is 2.38. The van der Waals surface area contributed by atoms with E-state index >= 15 is 0 Å². The van der Waals surface area contributed by atoms with E-state index in [-0.39, 0.29) is 0 Å². The maximum atomic E-state index is 5.53. The van der Waals surface area contributed by atoms with Crippen molar-refractivity contribution in [2.75, 3.05) is 14.2 Å². The monoisotopic (exact) mass is 491 g/mol. The van der Waals surface area contributed by atoms with Gasteiger partial charge >= 0.3 is 0 Å². The van der Waals surface area contributed by atoms with Gasteiger partial charge in [-0.15, -0.1) is 10.2 Å². The largest absolute Gasteiger partial charge is 0.493 e. The molecule has 0 saturated heterocycles. The summed E-state index contributed by atoms with van der Waals surface area (Å²) in [7, 11) is 3.28. The van der Waals surface area contributed by atoms with Crippen LogP contribution in [-0.4, -0.2) is 39.1 Å². The topological polar surface area (TPSA) is 88.1 Å². The van der Waals surface area contributed by atoms with Gasteiger partial charge in [-0.1, -0.05) is 66.5 Å². The molecule has 182 valence electrons. The molecule has 0 radical (unpaired) electrons. The van der Waals surface area contributed by atoms with Crippen molar-refractivity contribution in [1.82, 2.24) is 24.9 Å². The average molecular weight is 492 g/mol. The van der Waals surface area contributed by atoms with E-state index in [1.54, 1.807) is 26.0 Å². The Morgan fingerprint density at radius 1 is 0.971 bits per heavy atom. The maximum absolute atomic E-state index is 5.53. The molecule has 1 fully saturated rings. The molecule has 2 aromatic heterocycles. The van der Waals surface area contributed by atoms with Gasteiger partial charge in [0.2, 0.25) is 5.89 Å². The Balaban J connectivity index is 1.38. The lowest BCUT2D eigenvalue weighted by atomic mass is 9.95. The Labute approximate surface area is 209 Å². The Morgan fingerprint density at radius 3 is 2.54 bits per heavy atom. The van der Waals surface area contributed by atoms with E-state index in [0.717, 1.165) is 34.9 Å². The molecule has 2 aromatic carbocycles. The van der Waals surface area contributed by atoms with Crippen LogP contribution in [0.1, 0.15) is 55.4 Å². The average Bonchev–Trinajstić information content (AvgIpc) is 3.55. The number of rotatable bonds is 9. The Bertz CT molecular complexity index is 1250. The van der Waals surface area contributed by atoms with Gasteiger partial charge in [-0.3, -0.25) is 4.57 Å². The highest BCUT2D eigenvalue weighted by molar-refractivity contribution is 7.98. The second-order valence-corrected chi connectivity index (χ2v) is 9.54. The number of hydrogen-bond donors (Lipinski definition) is 0. The number of nitrogens with zero attached hydrogens (tertiary/aromatic N) is 5. The third-order valence-corrected chi connectivity index (χ3v) is 7.21. The summed E-state index contributed by atoms with van der Waals surface area (Å²) in [5.41, 5.74) is 2.11. The minimum atomic E-state index is 0.362. The van der Waals surface area contributed by atoms with Crippen molar-refractivity contribution in [3.05, 3.63) is 65.8 Å². The van der Waals surface area contributed by atoms with Crippen LogP contribution in [0.3, 0.4) is 0 Å². The summed E-state index contributed by atoms with van der Waals surface area (Å²) in [6.45, 7) is 0. The fourth-order valence-electron chi connectivity index (χ4n) is 4.54. The molecule has 35 heavy (non-hydrogen) atoms. The fraction of sp³-hybridized carbons (Fsp3) is 0.385. The third-order valence-electron chi connectivity index (χ3n) is 6.29. The molecule has 8 nitrogen and oxygen atoms in total. The Hall–Kier alpha value is -3.33. The standard InChI is InChI=1S/C26H29N5O3S/c1-32-21-14-13-19(16-22(21)33-2)25-28-29-26(31(25)20-11-7-4-8-12-20)35-17-24-27-23(30-34-24)15-18-9-5-3-6-10-18/h3,5-6,9-10,13-14,16,20H,4,7-8,11-12,15,17H2,1-2H3. The third kappa shape index (κ3) is 5.35. The van der Waals surface area contributed by atoms with Crippen molar-refractivity contribution in [2.45, 2.75) is 55.5 Å². The first kappa shape index (κ1) is 23.4. The van der Waals surface area contributed by atoms with Crippen LogP contribution in [0.2, 0.25) is 0 Å². The lowest BCUT2D eigenvalue weighted by Crippen LogP contribution is -2.15. The van der Waals surface area contributed by atoms with Crippen molar-refractivity contribution >= 4 is 11.8 Å². The number of aromatic nitrogens is 5. The van der Waals surface area contributed by atoms with E-state index in [0.29, 0.717) is 41.4 Å². The van der Waals surface area contributed by atoms with Crippen molar-refractivity contribution in [3.8, 4) is 22.9 Å². The summed E-state index contributed by atoms with van der Waals surface area (Å²) < 4.78 is 18.7. The van der Waals surface area contributed by atoms with Gasteiger partial charge in [-0.2, -0.15) is 4.98 Å². The van der Waals surface area contributed by atoms with Gasteiger partial charge in [-0.25, -0.2) is 0 Å². The predicted molar refractivity (Wildman–Crippen MR) is 134 cm³/mol. The van der Waals surface area contributed by atoms with Gasteiger partial charge in [0.15, 0.2) is 28.3 Å². The molecule has 0 atom stereocenters. The van der Waals surface area contributed by atoms with Gasteiger partial charge in [-0.05, 0) is 36.6 Å². The molecular formula is C26H29N5O3S. The molecule has 0 aliphatic heterocycles. The van der Waals surface area contributed by atoms with Crippen LogP contribution >= 0.6 is 11.8 Å². The van der Waals surface area contributed by atoms with Crippen LogP contribution in [-0.2, 0) is 12.2 Å². The smallest absolute Gasteiger partial charge is 0.237 e. The molecule has 9 heteroatoms. The highest BCUT2D eigenvalue weighted by atomic mass is 32.2. The number of ether oxygens (including phenoxy) is 2. The lowest BCUT2D eigenvalue weighted by molar-refractivity contribution is 0.338. The summed E-state index contributed by atoms with van der Waals surface area (Å²) in [6.07, 6.45) is 6.59. The van der Waals surface area contributed by atoms with Crippen LogP contribution in [0.15, 0.2) is 58.2 Å².